The summed E-state index contributed by atoms with van der Waals surface area (Å²) in [7, 11) is 0. The Morgan fingerprint density at radius 2 is 1.75 bits per heavy atom. The Labute approximate surface area is 146 Å². The van der Waals surface area contributed by atoms with Crippen molar-refractivity contribution in [1.82, 2.24) is 4.98 Å². The number of hydrogen-bond acceptors (Lipinski definition) is 1. The largest absolute Gasteiger partial charge is 0.256 e. The van der Waals surface area contributed by atoms with Gasteiger partial charge in [0.1, 0.15) is 0 Å². The summed E-state index contributed by atoms with van der Waals surface area (Å²) < 4.78 is 0. The van der Waals surface area contributed by atoms with E-state index in [1.54, 1.807) is 0 Å². The molecule has 2 atom stereocenters. The van der Waals surface area contributed by atoms with Gasteiger partial charge in [-0.05, 0) is 53.5 Å². The van der Waals surface area contributed by atoms with Crippen molar-refractivity contribution in [2.45, 2.75) is 47.0 Å². The number of hydrogen-bond donors (Lipinski definition) is 0. The van der Waals surface area contributed by atoms with E-state index in [9.17, 15) is 0 Å². The van der Waals surface area contributed by atoms with Gasteiger partial charge in [0.2, 0.25) is 0 Å². The molecule has 1 fully saturated rings. The van der Waals surface area contributed by atoms with Crippen LogP contribution in [0.1, 0.15) is 69.2 Å². The van der Waals surface area contributed by atoms with E-state index in [2.05, 4.69) is 37.2 Å². The predicted molar refractivity (Wildman–Crippen MR) is 109 cm³/mol. The molecule has 0 aliphatic heterocycles. The molecule has 1 aromatic carbocycles. The standard InChI is InChI=1S/C19H17N.2C2H6/c1-4-13-14(5-2)18-16-10-12(16)9-11(3)17(18)19-15(13)7-6-8-20-19;2*1-2/h4-9,12,16H,1-2,10H2,3H3;2*1-2H3. The highest BCUT2D eigenvalue weighted by Crippen LogP contribution is 2.57. The third kappa shape index (κ3) is 2.73. The number of aromatic nitrogens is 1. The summed E-state index contributed by atoms with van der Waals surface area (Å²) in [6.45, 7) is 18.3. The van der Waals surface area contributed by atoms with Crippen LogP contribution in [0.15, 0.2) is 37.6 Å². The second-order valence-corrected chi connectivity index (χ2v) is 5.78. The van der Waals surface area contributed by atoms with Gasteiger partial charge in [-0.25, -0.2) is 0 Å². The SMILES string of the molecule is C=Cc1c2c(c3ncccc3c1C=C)C(C)=CC1CC21.CC.CC. The van der Waals surface area contributed by atoms with E-state index in [-0.39, 0.29) is 0 Å². The molecule has 0 saturated heterocycles. The average molecular weight is 319 g/mol. The van der Waals surface area contributed by atoms with Gasteiger partial charge in [0, 0.05) is 17.1 Å². The number of rotatable bonds is 2. The fourth-order valence-corrected chi connectivity index (χ4v) is 3.73. The van der Waals surface area contributed by atoms with E-state index in [0.29, 0.717) is 5.92 Å². The number of pyridine rings is 1. The molecular formula is C23H29N. The number of nitrogens with zero attached hydrogens (tertiary/aromatic N) is 1. The molecule has 1 saturated carbocycles. The van der Waals surface area contributed by atoms with Gasteiger partial charge in [-0.15, -0.1) is 0 Å². The molecule has 0 radical (unpaired) electrons. The van der Waals surface area contributed by atoms with E-state index in [1.807, 2.05) is 52.1 Å². The number of fused-ring (bicyclic) bond motifs is 5. The first kappa shape index (κ1) is 18.2. The van der Waals surface area contributed by atoms with E-state index >= 15 is 0 Å². The molecule has 126 valence electrons. The maximum atomic E-state index is 4.66. The van der Waals surface area contributed by atoms with Crippen LogP contribution < -0.4 is 0 Å². The summed E-state index contributed by atoms with van der Waals surface area (Å²) in [5, 5.41) is 1.18. The lowest BCUT2D eigenvalue weighted by atomic mass is 9.83. The van der Waals surface area contributed by atoms with Crippen molar-refractivity contribution in [3.05, 3.63) is 59.8 Å². The molecule has 4 rings (SSSR count). The highest BCUT2D eigenvalue weighted by Gasteiger charge is 2.43. The van der Waals surface area contributed by atoms with Crippen LogP contribution in [-0.4, -0.2) is 4.98 Å². The molecular weight excluding hydrogens is 290 g/mol. The van der Waals surface area contributed by atoms with Crippen molar-refractivity contribution < 1.29 is 0 Å². The monoisotopic (exact) mass is 319 g/mol. The zero-order valence-electron chi connectivity index (χ0n) is 15.7. The normalized spacial score (nSPS) is 19.5. The van der Waals surface area contributed by atoms with Crippen molar-refractivity contribution in [2.75, 3.05) is 0 Å². The molecule has 0 bridgehead atoms. The second kappa shape index (κ2) is 7.61. The maximum absolute atomic E-state index is 4.66. The molecule has 2 aliphatic carbocycles. The highest BCUT2D eigenvalue weighted by atomic mass is 14.7. The summed E-state index contributed by atoms with van der Waals surface area (Å²) in [5.41, 5.74) is 7.70. The van der Waals surface area contributed by atoms with E-state index in [4.69, 9.17) is 0 Å². The molecule has 2 aromatic rings. The molecule has 1 heterocycles. The van der Waals surface area contributed by atoms with E-state index < -0.39 is 0 Å². The lowest BCUT2D eigenvalue weighted by Gasteiger charge is -2.22. The topological polar surface area (TPSA) is 12.9 Å². The Morgan fingerprint density at radius 3 is 2.38 bits per heavy atom. The first-order chi connectivity index (χ1) is 11.8. The van der Waals surface area contributed by atoms with Crippen molar-refractivity contribution in [2.24, 2.45) is 5.92 Å². The van der Waals surface area contributed by atoms with Crippen LogP contribution in [-0.2, 0) is 0 Å². The second-order valence-electron chi connectivity index (χ2n) is 5.78. The van der Waals surface area contributed by atoms with Gasteiger partial charge in [-0.1, -0.05) is 65.1 Å². The quantitative estimate of drug-likeness (QED) is 0.575. The lowest BCUT2D eigenvalue weighted by molar-refractivity contribution is 0.983. The first-order valence-electron chi connectivity index (χ1n) is 9.14. The fourth-order valence-electron chi connectivity index (χ4n) is 3.73. The molecule has 1 aromatic heterocycles. The van der Waals surface area contributed by atoms with Gasteiger partial charge in [0.15, 0.2) is 0 Å². The van der Waals surface area contributed by atoms with Gasteiger partial charge in [0.05, 0.1) is 5.52 Å². The Bertz CT molecular complexity index is 795. The zero-order valence-corrected chi connectivity index (χ0v) is 15.7. The van der Waals surface area contributed by atoms with E-state index in [1.165, 1.54) is 39.6 Å². The van der Waals surface area contributed by atoms with Gasteiger partial charge in [0.25, 0.3) is 0 Å². The molecule has 1 nitrogen and oxygen atoms in total. The lowest BCUT2D eigenvalue weighted by Crippen LogP contribution is -2.04. The fraction of sp³-hybridized carbons (Fsp3) is 0.348. The molecule has 2 unspecified atom stereocenters. The Hall–Kier alpha value is -2.15. The smallest absolute Gasteiger partial charge is 0.0786 e. The number of benzene rings is 1. The summed E-state index contributed by atoms with van der Waals surface area (Å²) in [6.07, 6.45) is 9.51. The van der Waals surface area contributed by atoms with Gasteiger partial charge < -0.3 is 0 Å². The number of allylic oxidation sites excluding steroid dienone is 2. The molecule has 2 aliphatic rings. The summed E-state index contributed by atoms with van der Waals surface area (Å²) in [5.74, 6) is 1.38. The van der Waals surface area contributed by atoms with Crippen molar-refractivity contribution >= 4 is 28.6 Å². The third-order valence-electron chi connectivity index (χ3n) is 4.66. The van der Waals surface area contributed by atoms with Crippen LogP contribution >= 0.6 is 0 Å². The van der Waals surface area contributed by atoms with Crippen molar-refractivity contribution in [3.63, 3.8) is 0 Å². The maximum Gasteiger partial charge on any atom is 0.0786 e. The van der Waals surface area contributed by atoms with Crippen LogP contribution in [0.3, 0.4) is 0 Å². The molecule has 0 amide bonds. The van der Waals surface area contributed by atoms with Gasteiger partial charge in [-0.2, -0.15) is 0 Å². The van der Waals surface area contributed by atoms with Crippen molar-refractivity contribution in [3.8, 4) is 0 Å². The van der Waals surface area contributed by atoms with Crippen molar-refractivity contribution in [1.29, 1.82) is 0 Å². The minimum absolute atomic E-state index is 0.659. The zero-order chi connectivity index (χ0) is 17.9. The Kier molecular flexibility index (Phi) is 5.77. The first-order valence-corrected chi connectivity index (χ1v) is 9.14. The van der Waals surface area contributed by atoms with Gasteiger partial charge >= 0.3 is 0 Å². The highest BCUT2D eigenvalue weighted by molar-refractivity contribution is 6.01. The van der Waals surface area contributed by atoms with Gasteiger partial charge in [-0.3, -0.25) is 4.98 Å². The molecule has 24 heavy (non-hydrogen) atoms. The van der Waals surface area contributed by atoms with Crippen LogP contribution in [0.5, 0.6) is 0 Å². The average Bonchev–Trinajstić information content (AvgIpc) is 3.42. The summed E-state index contributed by atoms with van der Waals surface area (Å²) in [6, 6.07) is 4.13. The third-order valence-corrected chi connectivity index (χ3v) is 4.66. The Balaban J connectivity index is 0.000000487. The summed E-state index contributed by atoms with van der Waals surface area (Å²) >= 11 is 0. The Morgan fingerprint density at radius 1 is 1.08 bits per heavy atom. The van der Waals surface area contributed by atoms with Crippen LogP contribution in [0.25, 0.3) is 28.6 Å². The van der Waals surface area contributed by atoms with E-state index in [0.717, 1.165) is 11.4 Å². The van der Waals surface area contributed by atoms with Crippen LogP contribution in [0, 0.1) is 5.92 Å². The van der Waals surface area contributed by atoms with Crippen LogP contribution in [0.4, 0.5) is 0 Å². The summed E-state index contributed by atoms with van der Waals surface area (Å²) in [4.78, 5) is 4.66. The molecule has 1 heteroatoms. The van der Waals surface area contributed by atoms with Crippen LogP contribution in [0.2, 0.25) is 0 Å². The predicted octanol–water partition coefficient (Wildman–Crippen LogP) is 7.09. The molecule has 0 spiro atoms. The minimum Gasteiger partial charge on any atom is -0.256 e. The minimum atomic E-state index is 0.659. The molecule has 0 N–H and O–H groups in total.